The van der Waals surface area contributed by atoms with E-state index in [0.717, 1.165) is 18.9 Å². The monoisotopic (exact) mass is 280 g/mol. The van der Waals surface area contributed by atoms with Gasteiger partial charge in [-0.1, -0.05) is 11.6 Å². The fraction of sp³-hybridized carbons (Fsp3) is 0.455. The number of hydrogen-bond acceptors (Lipinski definition) is 6. The van der Waals surface area contributed by atoms with E-state index in [1.54, 1.807) is 12.5 Å². The van der Waals surface area contributed by atoms with Crippen molar-refractivity contribution in [2.75, 3.05) is 18.6 Å². The summed E-state index contributed by atoms with van der Waals surface area (Å²) in [7, 11) is 1.53. The van der Waals surface area contributed by atoms with E-state index in [4.69, 9.17) is 16.3 Å². The summed E-state index contributed by atoms with van der Waals surface area (Å²) in [4.78, 5) is 10.4. The molecule has 2 aromatic rings. The van der Waals surface area contributed by atoms with E-state index in [2.05, 4.69) is 25.1 Å². The summed E-state index contributed by atoms with van der Waals surface area (Å²) in [6.45, 7) is 3.63. The second-order valence-corrected chi connectivity index (χ2v) is 4.69. The van der Waals surface area contributed by atoms with Gasteiger partial charge >= 0.3 is 6.01 Å². The molecule has 7 nitrogen and oxygen atoms in total. The van der Waals surface area contributed by atoms with Gasteiger partial charge in [-0.2, -0.15) is 4.98 Å². The Balaban J connectivity index is 1.99. The van der Waals surface area contributed by atoms with E-state index >= 15 is 0 Å². The molecule has 3 heterocycles. The van der Waals surface area contributed by atoms with Crippen LogP contribution in [0.2, 0.25) is 5.02 Å². The highest BCUT2D eigenvalue weighted by molar-refractivity contribution is 6.32. The number of rotatable bonds is 2. The fourth-order valence-corrected chi connectivity index (χ4v) is 2.44. The van der Waals surface area contributed by atoms with Crippen molar-refractivity contribution in [3.05, 3.63) is 23.4 Å². The molecule has 0 spiro atoms. The number of fused-ring (bicyclic) bond motifs is 1. The van der Waals surface area contributed by atoms with Gasteiger partial charge in [0.1, 0.15) is 11.3 Å². The first-order valence-corrected chi connectivity index (χ1v) is 6.29. The van der Waals surface area contributed by atoms with E-state index in [0.29, 0.717) is 16.9 Å². The predicted octanol–water partition coefficient (Wildman–Crippen LogP) is 1.31. The SMILES string of the molecule is COc1ncc(Cl)c(N2CCn3cnnc3[C@H]2C)n1. The molecule has 0 saturated heterocycles. The van der Waals surface area contributed by atoms with Gasteiger partial charge in [-0.15, -0.1) is 10.2 Å². The molecule has 0 saturated carbocycles. The molecule has 1 aliphatic heterocycles. The second-order valence-electron chi connectivity index (χ2n) is 4.28. The van der Waals surface area contributed by atoms with Gasteiger partial charge in [0.2, 0.25) is 0 Å². The standard InChI is InChI=1S/C11H13ClN6O/c1-7-9-16-14-6-17(9)3-4-18(7)10-8(12)5-13-11(15-10)19-2/h5-7H,3-4H2,1-2H3/t7-/m1/s1. The molecule has 100 valence electrons. The molecule has 2 aromatic heterocycles. The summed E-state index contributed by atoms with van der Waals surface area (Å²) < 4.78 is 7.08. The molecule has 1 atom stereocenters. The molecule has 0 bridgehead atoms. The quantitative estimate of drug-likeness (QED) is 0.826. The van der Waals surface area contributed by atoms with E-state index in [-0.39, 0.29) is 6.04 Å². The number of methoxy groups -OCH3 is 1. The normalized spacial score (nSPS) is 18.3. The predicted molar refractivity (Wildman–Crippen MR) is 69.4 cm³/mol. The fourth-order valence-electron chi connectivity index (χ4n) is 2.24. The lowest BCUT2D eigenvalue weighted by atomic mass is 10.2. The molecular weight excluding hydrogens is 268 g/mol. The van der Waals surface area contributed by atoms with Gasteiger partial charge < -0.3 is 14.2 Å². The van der Waals surface area contributed by atoms with Crippen LogP contribution in [0.5, 0.6) is 6.01 Å². The van der Waals surface area contributed by atoms with Crippen molar-refractivity contribution in [3.63, 3.8) is 0 Å². The van der Waals surface area contributed by atoms with Gasteiger partial charge in [-0.05, 0) is 6.92 Å². The van der Waals surface area contributed by atoms with Gasteiger partial charge in [0, 0.05) is 13.1 Å². The Kier molecular flexibility index (Phi) is 2.98. The molecular formula is C11H13ClN6O. The molecule has 0 amide bonds. The summed E-state index contributed by atoms with van der Waals surface area (Å²) in [5.41, 5.74) is 0. The lowest BCUT2D eigenvalue weighted by Gasteiger charge is -2.34. The minimum atomic E-state index is 0.0494. The zero-order valence-corrected chi connectivity index (χ0v) is 11.4. The maximum absolute atomic E-state index is 6.19. The largest absolute Gasteiger partial charge is 0.467 e. The van der Waals surface area contributed by atoms with Crippen LogP contribution in [0.4, 0.5) is 5.82 Å². The van der Waals surface area contributed by atoms with Gasteiger partial charge in [0.25, 0.3) is 0 Å². The van der Waals surface area contributed by atoms with Crippen molar-refractivity contribution in [2.24, 2.45) is 0 Å². The number of anilines is 1. The number of aromatic nitrogens is 5. The summed E-state index contributed by atoms with van der Waals surface area (Å²) in [6, 6.07) is 0.354. The Morgan fingerprint density at radius 1 is 1.42 bits per heavy atom. The first-order chi connectivity index (χ1) is 9.20. The van der Waals surface area contributed by atoms with Gasteiger partial charge in [0.05, 0.1) is 19.3 Å². The molecule has 0 radical (unpaired) electrons. The van der Waals surface area contributed by atoms with Crippen LogP contribution in [0.25, 0.3) is 0 Å². The Hall–Kier alpha value is -1.89. The van der Waals surface area contributed by atoms with Crippen LogP contribution in [-0.2, 0) is 6.54 Å². The van der Waals surface area contributed by atoms with Crippen molar-refractivity contribution in [1.82, 2.24) is 24.7 Å². The molecule has 0 aromatic carbocycles. The average molecular weight is 281 g/mol. The first kappa shape index (κ1) is 12.2. The Morgan fingerprint density at radius 3 is 3.05 bits per heavy atom. The maximum atomic E-state index is 6.19. The third-order valence-corrected chi connectivity index (χ3v) is 3.49. The third kappa shape index (κ3) is 1.99. The van der Waals surface area contributed by atoms with E-state index in [1.165, 1.54) is 7.11 Å². The van der Waals surface area contributed by atoms with Crippen LogP contribution >= 0.6 is 11.6 Å². The van der Waals surface area contributed by atoms with Crippen molar-refractivity contribution in [2.45, 2.75) is 19.5 Å². The average Bonchev–Trinajstić information content (AvgIpc) is 2.90. The summed E-state index contributed by atoms with van der Waals surface area (Å²) >= 11 is 6.19. The van der Waals surface area contributed by atoms with Crippen LogP contribution in [-0.4, -0.2) is 38.4 Å². The zero-order valence-electron chi connectivity index (χ0n) is 10.6. The van der Waals surface area contributed by atoms with Crippen LogP contribution in [0.3, 0.4) is 0 Å². The summed E-state index contributed by atoms with van der Waals surface area (Å²) in [5, 5.41) is 8.57. The number of ether oxygens (including phenoxy) is 1. The molecule has 19 heavy (non-hydrogen) atoms. The molecule has 3 rings (SSSR count). The van der Waals surface area contributed by atoms with E-state index in [1.807, 2.05) is 11.5 Å². The van der Waals surface area contributed by atoms with Crippen molar-refractivity contribution in [1.29, 1.82) is 0 Å². The highest BCUT2D eigenvalue weighted by Gasteiger charge is 2.28. The third-order valence-electron chi connectivity index (χ3n) is 3.23. The molecule has 0 aliphatic carbocycles. The molecule has 0 N–H and O–H groups in total. The molecule has 0 fully saturated rings. The van der Waals surface area contributed by atoms with Crippen molar-refractivity contribution < 1.29 is 4.74 Å². The maximum Gasteiger partial charge on any atom is 0.318 e. The van der Waals surface area contributed by atoms with Gasteiger partial charge in [0.15, 0.2) is 11.6 Å². The Morgan fingerprint density at radius 2 is 2.26 bits per heavy atom. The Labute approximate surface area is 115 Å². The molecule has 0 unspecified atom stereocenters. The Bertz CT molecular complexity index is 601. The van der Waals surface area contributed by atoms with Gasteiger partial charge in [-0.25, -0.2) is 4.98 Å². The smallest absolute Gasteiger partial charge is 0.318 e. The van der Waals surface area contributed by atoms with Crippen LogP contribution in [0.15, 0.2) is 12.5 Å². The van der Waals surface area contributed by atoms with E-state index in [9.17, 15) is 0 Å². The van der Waals surface area contributed by atoms with E-state index < -0.39 is 0 Å². The number of hydrogen-bond donors (Lipinski definition) is 0. The zero-order chi connectivity index (χ0) is 13.4. The molecule has 1 aliphatic rings. The minimum Gasteiger partial charge on any atom is -0.467 e. The highest BCUT2D eigenvalue weighted by atomic mass is 35.5. The summed E-state index contributed by atoms with van der Waals surface area (Å²) in [6.07, 6.45) is 3.29. The first-order valence-electron chi connectivity index (χ1n) is 5.91. The van der Waals surface area contributed by atoms with Crippen molar-refractivity contribution >= 4 is 17.4 Å². The summed E-state index contributed by atoms with van der Waals surface area (Å²) in [5.74, 6) is 1.56. The van der Waals surface area contributed by atoms with Crippen LogP contribution < -0.4 is 9.64 Å². The van der Waals surface area contributed by atoms with Crippen LogP contribution in [0, 0.1) is 0 Å². The minimum absolute atomic E-state index is 0.0494. The lowest BCUT2D eigenvalue weighted by molar-refractivity contribution is 0.378. The van der Waals surface area contributed by atoms with Gasteiger partial charge in [-0.3, -0.25) is 0 Å². The topological polar surface area (TPSA) is 69.0 Å². The number of nitrogens with zero attached hydrogens (tertiary/aromatic N) is 6. The molecule has 8 heteroatoms. The number of halogens is 1. The second kappa shape index (κ2) is 4.65. The highest BCUT2D eigenvalue weighted by Crippen LogP contribution is 2.32. The lowest BCUT2D eigenvalue weighted by Crippen LogP contribution is -2.37. The van der Waals surface area contributed by atoms with Crippen molar-refractivity contribution in [3.8, 4) is 6.01 Å². The van der Waals surface area contributed by atoms with Crippen LogP contribution in [0.1, 0.15) is 18.8 Å².